The molecule has 0 radical (unpaired) electrons. The second kappa shape index (κ2) is 8.95. The van der Waals surface area contributed by atoms with Gasteiger partial charge in [-0.3, -0.25) is 0 Å². The van der Waals surface area contributed by atoms with Crippen LogP contribution in [0.2, 0.25) is 0 Å². The van der Waals surface area contributed by atoms with Gasteiger partial charge < -0.3 is 8.83 Å². The molecule has 0 N–H and O–H groups in total. The Bertz CT molecular complexity index is 1470. The van der Waals surface area contributed by atoms with Gasteiger partial charge in [0, 0.05) is 22.5 Å². The fourth-order valence-electron chi connectivity index (χ4n) is 3.77. The average molecular weight is 465 g/mol. The summed E-state index contributed by atoms with van der Waals surface area (Å²) in [5.41, 5.74) is 5.97. The lowest BCUT2D eigenvalue weighted by molar-refractivity contribution is 0.399. The molecule has 0 bridgehead atoms. The summed E-state index contributed by atoms with van der Waals surface area (Å²) in [5, 5.41) is 16.9. The van der Waals surface area contributed by atoms with E-state index in [0.29, 0.717) is 23.6 Å². The fraction of sp³-hybridized carbons (Fsp3) is 0.241. The molecule has 0 spiro atoms. The SMILES string of the molecule is CC(C)c1nnc(-c2cccc(-c3cccc(-c4cccc(-c5nnc(C(C)(C)C)o5)c4)c3)c2)o1. The van der Waals surface area contributed by atoms with Gasteiger partial charge in [-0.2, -0.15) is 0 Å². The molecule has 0 aliphatic heterocycles. The molecule has 5 aromatic rings. The van der Waals surface area contributed by atoms with Crippen LogP contribution in [0, 0.1) is 0 Å². The average Bonchev–Trinajstić information content (AvgIpc) is 3.55. The van der Waals surface area contributed by atoms with Gasteiger partial charge in [0.05, 0.1) is 0 Å². The van der Waals surface area contributed by atoms with E-state index in [1.165, 1.54) is 0 Å². The maximum Gasteiger partial charge on any atom is 0.247 e. The maximum absolute atomic E-state index is 5.95. The van der Waals surface area contributed by atoms with Crippen LogP contribution in [-0.2, 0) is 5.41 Å². The largest absolute Gasteiger partial charge is 0.420 e. The number of hydrogen-bond acceptors (Lipinski definition) is 6. The smallest absolute Gasteiger partial charge is 0.247 e. The molecular weight excluding hydrogens is 436 g/mol. The molecule has 0 atom stereocenters. The molecule has 0 saturated carbocycles. The Morgan fingerprint density at radius 3 is 1.43 bits per heavy atom. The van der Waals surface area contributed by atoms with Crippen molar-refractivity contribution in [1.29, 1.82) is 0 Å². The zero-order chi connectivity index (χ0) is 24.6. The van der Waals surface area contributed by atoms with E-state index in [2.05, 4.69) is 89.7 Å². The topological polar surface area (TPSA) is 77.8 Å². The monoisotopic (exact) mass is 464 g/mol. The van der Waals surface area contributed by atoms with Gasteiger partial charge in [-0.15, -0.1) is 20.4 Å². The summed E-state index contributed by atoms with van der Waals surface area (Å²) in [4.78, 5) is 0. The zero-order valence-corrected chi connectivity index (χ0v) is 20.6. The minimum atomic E-state index is -0.191. The molecule has 6 nitrogen and oxygen atoms in total. The third-order valence-electron chi connectivity index (χ3n) is 5.75. The summed E-state index contributed by atoms with van der Waals surface area (Å²) in [6.45, 7) is 10.3. The molecule has 0 fully saturated rings. The molecule has 0 amide bonds. The van der Waals surface area contributed by atoms with Crippen LogP contribution >= 0.6 is 0 Å². The highest BCUT2D eigenvalue weighted by molar-refractivity contribution is 5.77. The quantitative estimate of drug-likeness (QED) is 0.267. The predicted octanol–water partition coefficient (Wildman–Crippen LogP) is 7.54. The summed E-state index contributed by atoms with van der Waals surface area (Å²) in [5.74, 6) is 2.53. The van der Waals surface area contributed by atoms with Crippen molar-refractivity contribution < 1.29 is 8.83 Å². The van der Waals surface area contributed by atoms with E-state index >= 15 is 0 Å². The van der Waals surface area contributed by atoms with Crippen molar-refractivity contribution in [2.75, 3.05) is 0 Å². The van der Waals surface area contributed by atoms with Crippen LogP contribution in [-0.4, -0.2) is 20.4 Å². The third kappa shape index (κ3) is 4.78. The minimum absolute atomic E-state index is 0.191. The molecule has 0 saturated heterocycles. The Balaban J connectivity index is 1.46. The molecule has 176 valence electrons. The molecule has 2 heterocycles. The maximum atomic E-state index is 5.95. The van der Waals surface area contributed by atoms with Crippen molar-refractivity contribution in [1.82, 2.24) is 20.4 Å². The summed E-state index contributed by atoms with van der Waals surface area (Å²) >= 11 is 0. The summed E-state index contributed by atoms with van der Waals surface area (Å²) in [6, 6.07) is 24.8. The molecule has 0 aliphatic rings. The van der Waals surface area contributed by atoms with Gasteiger partial charge >= 0.3 is 0 Å². The van der Waals surface area contributed by atoms with Gasteiger partial charge in [0.15, 0.2) is 0 Å². The summed E-state index contributed by atoms with van der Waals surface area (Å²) < 4.78 is 11.8. The van der Waals surface area contributed by atoms with Gasteiger partial charge in [-0.1, -0.05) is 77.1 Å². The summed E-state index contributed by atoms with van der Waals surface area (Å²) in [6.07, 6.45) is 0. The Labute approximate surface area is 205 Å². The van der Waals surface area contributed by atoms with Gasteiger partial charge in [0.2, 0.25) is 23.6 Å². The normalized spacial score (nSPS) is 11.8. The third-order valence-corrected chi connectivity index (χ3v) is 5.75. The van der Waals surface area contributed by atoms with Crippen molar-refractivity contribution >= 4 is 0 Å². The first-order chi connectivity index (χ1) is 16.8. The van der Waals surface area contributed by atoms with E-state index in [9.17, 15) is 0 Å². The number of hydrogen-bond donors (Lipinski definition) is 0. The zero-order valence-electron chi connectivity index (χ0n) is 20.6. The predicted molar refractivity (Wildman–Crippen MR) is 137 cm³/mol. The van der Waals surface area contributed by atoms with Crippen LogP contribution < -0.4 is 0 Å². The van der Waals surface area contributed by atoms with Gasteiger partial charge in [-0.05, 0) is 52.6 Å². The van der Waals surface area contributed by atoms with Crippen LogP contribution in [0.15, 0.2) is 81.6 Å². The van der Waals surface area contributed by atoms with E-state index in [4.69, 9.17) is 8.83 Å². The first-order valence-electron chi connectivity index (χ1n) is 11.8. The van der Waals surface area contributed by atoms with Crippen LogP contribution in [0.4, 0.5) is 0 Å². The van der Waals surface area contributed by atoms with E-state index in [-0.39, 0.29) is 11.3 Å². The van der Waals surface area contributed by atoms with Gasteiger partial charge in [-0.25, -0.2) is 0 Å². The van der Waals surface area contributed by atoms with Crippen molar-refractivity contribution in [3.63, 3.8) is 0 Å². The van der Waals surface area contributed by atoms with Gasteiger partial charge in [0.1, 0.15) is 0 Å². The first kappa shape index (κ1) is 22.7. The van der Waals surface area contributed by atoms with Crippen LogP contribution in [0.3, 0.4) is 0 Å². The number of aromatic nitrogens is 4. The second-order valence-electron chi connectivity index (χ2n) is 10.0. The number of rotatable bonds is 5. The highest BCUT2D eigenvalue weighted by atomic mass is 16.4. The molecule has 3 aromatic carbocycles. The number of benzene rings is 3. The van der Waals surface area contributed by atoms with Gasteiger partial charge in [0.25, 0.3) is 0 Å². The van der Waals surface area contributed by atoms with Crippen LogP contribution in [0.1, 0.15) is 52.3 Å². The molecule has 2 aromatic heterocycles. The van der Waals surface area contributed by atoms with Crippen molar-refractivity contribution in [3.05, 3.63) is 84.6 Å². The first-order valence-corrected chi connectivity index (χ1v) is 11.8. The molecule has 0 unspecified atom stereocenters. The standard InChI is InChI=1S/C29H28N4O2/c1-18(2)25-30-31-26(34-25)23-13-7-11-21(16-23)19-9-6-10-20(15-19)22-12-8-14-24(17-22)27-32-33-28(35-27)29(3,4)5/h6-18H,1-5H3. The second-order valence-corrected chi connectivity index (χ2v) is 10.0. The molecule has 0 aliphatic carbocycles. The van der Waals surface area contributed by atoms with Crippen LogP contribution in [0.25, 0.3) is 45.2 Å². The van der Waals surface area contributed by atoms with E-state index < -0.39 is 0 Å². The lowest BCUT2D eigenvalue weighted by Crippen LogP contribution is -2.11. The Hall–Kier alpha value is -4.06. The fourth-order valence-corrected chi connectivity index (χ4v) is 3.77. The van der Waals surface area contributed by atoms with E-state index in [1.807, 2.05) is 38.1 Å². The molecule has 6 heteroatoms. The molecular formula is C29H28N4O2. The Morgan fingerprint density at radius 2 is 1.00 bits per heavy atom. The van der Waals surface area contributed by atoms with E-state index in [0.717, 1.165) is 33.4 Å². The minimum Gasteiger partial charge on any atom is -0.420 e. The van der Waals surface area contributed by atoms with E-state index in [1.54, 1.807) is 0 Å². The van der Waals surface area contributed by atoms with Crippen LogP contribution in [0.5, 0.6) is 0 Å². The Morgan fingerprint density at radius 1 is 0.571 bits per heavy atom. The van der Waals surface area contributed by atoms with Crippen molar-refractivity contribution in [3.8, 4) is 45.2 Å². The van der Waals surface area contributed by atoms with Crippen molar-refractivity contribution in [2.45, 2.75) is 46.0 Å². The summed E-state index contributed by atoms with van der Waals surface area (Å²) in [7, 11) is 0. The lowest BCUT2D eigenvalue weighted by atomic mass is 9.97. The molecule has 35 heavy (non-hydrogen) atoms. The van der Waals surface area contributed by atoms with Crippen molar-refractivity contribution in [2.24, 2.45) is 0 Å². The number of nitrogens with zero attached hydrogens (tertiary/aromatic N) is 4. The lowest BCUT2D eigenvalue weighted by Gasteiger charge is -2.11. The highest BCUT2D eigenvalue weighted by Gasteiger charge is 2.22. The Kier molecular flexibility index (Phi) is 5.81. The molecule has 5 rings (SSSR count). The highest BCUT2D eigenvalue weighted by Crippen LogP contribution is 2.32.